The van der Waals surface area contributed by atoms with Gasteiger partial charge in [0.25, 0.3) is 0 Å². The lowest BCUT2D eigenvalue weighted by Gasteiger charge is -2.13. The molecule has 0 N–H and O–H groups in total. The lowest BCUT2D eigenvalue weighted by Crippen LogP contribution is -2.20. The van der Waals surface area contributed by atoms with Gasteiger partial charge in [-0.3, -0.25) is 9.59 Å². The van der Waals surface area contributed by atoms with E-state index in [1.165, 1.54) is 0 Å². The van der Waals surface area contributed by atoms with Gasteiger partial charge >= 0.3 is 0 Å². The second kappa shape index (κ2) is 7.29. The van der Waals surface area contributed by atoms with Crippen LogP contribution in [0.1, 0.15) is 41.5 Å². The van der Waals surface area contributed by atoms with Crippen molar-refractivity contribution in [2.45, 2.75) is 41.5 Å². The van der Waals surface area contributed by atoms with Crippen molar-refractivity contribution in [2.24, 2.45) is 10.8 Å². The van der Waals surface area contributed by atoms with Gasteiger partial charge in [-0.2, -0.15) is 0 Å². The summed E-state index contributed by atoms with van der Waals surface area (Å²) in [4.78, 5) is 21.4. The lowest BCUT2D eigenvalue weighted by molar-refractivity contribution is -0.124. The van der Waals surface area contributed by atoms with Crippen LogP contribution < -0.4 is 0 Å². The molecule has 96 valence electrons. The zero-order chi connectivity index (χ0) is 13.6. The highest BCUT2D eigenvalue weighted by atomic mass is 35.5. The van der Waals surface area contributed by atoms with Crippen LogP contribution in [0, 0.1) is 10.8 Å². The zero-order valence-electron chi connectivity index (χ0n) is 11.0. The second-order valence-electron chi connectivity index (χ2n) is 5.61. The Morgan fingerprint density at radius 3 is 0.938 bits per heavy atom. The average Bonchev–Trinajstić information content (AvgIpc) is 2.13. The number of alkyl halides is 2. The van der Waals surface area contributed by atoms with Crippen LogP contribution in [-0.4, -0.2) is 23.3 Å². The Balaban J connectivity index is 0. The third-order valence-electron chi connectivity index (χ3n) is 1.92. The summed E-state index contributed by atoms with van der Waals surface area (Å²) in [6.07, 6.45) is 0. The van der Waals surface area contributed by atoms with Crippen LogP contribution in [-0.2, 0) is 9.59 Å². The molecule has 0 aliphatic rings. The predicted octanol–water partition coefficient (Wildman–Crippen LogP) is 3.68. The van der Waals surface area contributed by atoms with Crippen molar-refractivity contribution in [3.05, 3.63) is 0 Å². The Labute approximate surface area is 109 Å². The number of hydrogen-bond donors (Lipinski definition) is 0. The van der Waals surface area contributed by atoms with E-state index in [1.54, 1.807) is 0 Å². The van der Waals surface area contributed by atoms with Gasteiger partial charge in [0.05, 0.1) is 11.8 Å². The Morgan fingerprint density at radius 1 is 0.750 bits per heavy atom. The van der Waals surface area contributed by atoms with E-state index >= 15 is 0 Å². The fourth-order valence-corrected chi connectivity index (χ4v) is 1.20. The molecule has 0 aromatic carbocycles. The number of Topliss-reactive ketones (excluding diaryl/α,β-unsaturated/α-hetero) is 2. The highest BCUT2D eigenvalue weighted by Crippen LogP contribution is 2.15. The van der Waals surface area contributed by atoms with Crippen LogP contribution in [0.15, 0.2) is 0 Å². The van der Waals surface area contributed by atoms with Crippen LogP contribution in [0.2, 0.25) is 0 Å². The van der Waals surface area contributed by atoms with Gasteiger partial charge in [-0.1, -0.05) is 41.5 Å². The van der Waals surface area contributed by atoms with E-state index in [-0.39, 0.29) is 34.2 Å². The first-order valence-corrected chi connectivity index (χ1v) is 6.22. The minimum Gasteiger partial charge on any atom is -0.298 e. The van der Waals surface area contributed by atoms with Crippen molar-refractivity contribution in [3.8, 4) is 0 Å². The minimum atomic E-state index is -0.262. The monoisotopic (exact) mass is 268 g/mol. The van der Waals surface area contributed by atoms with Crippen molar-refractivity contribution in [3.63, 3.8) is 0 Å². The molecule has 16 heavy (non-hydrogen) atoms. The predicted molar refractivity (Wildman–Crippen MR) is 70.4 cm³/mol. The van der Waals surface area contributed by atoms with E-state index in [0.29, 0.717) is 0 Å². The summed E-state index contributed by atoms with van der Waals surface area (Å²) < 4.78 is 0. The average molecular weight is 269 g/mol. The van der Waals surface area contributed by atoms with Crippen LogP contribution in [0.3, 0.4) is 0 Å². The summed E-state index contributed by atoms with van der Waals surface area (Å²) >= 11 is 10.6. The molecule has 0 fully saturated rings. The summed E-state index contributed by atoms with van der Waals surface area (Å²) in [5.41, 5.74) is -0.524. The number of ketones is 2. The first-order chi connectivity index (χ1) is 6.96. The SMILES string of the molecule is CC(C)(C)C(=O)CCl.CC(C)(C)C(=O)CCl. The third-order valence-corrected chi connectivity index (χ3v) is 2.40. The molecule has 4 heteroatoms. The number of hydrogen-bond acceptors (Lipinski definition) is 2. The molecule has 0 heterocycles. The second-order valence-corrected chi connectivity index (χ2v) is 6.15. The number of rotatable bonds is 2. The molecule has 0 atom stereocenters. The molecular formula is C12H22Cl2O2. The molecule has 2 nitrogen and oxygen atoms in total. The largest absolute Gasteiger partial charge is 0.298 e. The molecule has 0 aliphatic carbocycles. The molecule has 0 unspecified atom stereocenters. The van der Waals surface area contributed by atoms with Gasteiger partial charge in [-0.15, -0.1) is 23.2 Å². The summed E-state index contributed by atoms with van der Waals surface area (Å²) in [5.74, 6) is 0.450. The lowest BCUT2D eigenvalue weighted by atomic mass is 9.92. The van der Waals surface area contributed by atoms with Crippen molar-refractivity contribution in [2.75, 3.05) is 11.8 Å². The van der Waals surface area contributed by atoms with E-state index in [9.17, 15) is 9.59 Å². The molecule has 0 amide bonds. The van der Waals surface area contributed by atoms with E-state index in [2.05, 4.69) is 0 Å². The Bertz CT molecular complexity index is 208. The topological polar surface area (TPSA) is 34.1 Å². The maximum absolute atomic E-state index is 10.7. The van der Waals surface area contributed by atoms with Crippen LogP contribution in [0.4, 0.5) is 0 Å². The van der Waals surface area contributed by atoms with Crippen LogP contribution in [0.5, 0.6) is 0 Å². The molecule has 0 aliphatic heterocycles. The number of carbonyl (C=O) groups is 2. The molecule has 0 rings (SSSR count). The Hall–Kier alpha value is -0.0800. The first kappa shape index (κ1) is 18.3. The number of carbonyl (C=O) groups excluding carboxylic acids is 2. The van der Waals surface area contributed by atoms with Gasteiger partial charge in [0.15, 0.2) is 11.6 Å². The van der Waals surface area contributed by atoms with Crippen molar-refractivity contribution >= 4 is 34.8 Å². The molecule has 0 aromatic heterocycles. The van der Waals surface area contributed by atoms with E-state index < -0.39 is 0 Å². The summed E-state index contributed by atoms with van der Waals surface area (Å²) in [6, 6.07) is 0. The zero-order valence-corrected chi connectivity index (χ0v) is 12.5. The van der Waals surface area contributed by atoms with Crippen LogP contribution >= 0.6 is 23.2 Å². The third kappa shape index (κ3) is 9.17. The maximum Gasteiger partial charge on any atom is 0.152 e. The van der Waals surface area contributed by atoms with E-state index in [1.807, 2.05) is 41.5 Å². The molecular weight excluding hydrogens is 247 g/mol. The highest BCUT2D eigenvalue weighted by Gasteiger charge is 2.19. The standard InChI is InChI=1S/2C6H11ClO/c2*1-6(2,3)5(8)4-7/h2*4H2,1-3H3. The van der Waals surface area contributed by atoms with Gasteiger partial charge in [0.2, 0.25) is 0 Å². The molecule has 0 saturated carbocycles. The highest BCUT2D eigenvalue weighted by molar-refractivity contribution is 6.28. The molecule has 0 aromatic rings. The van der Waals surface area contributed by atoms with Crippen molar-refractivity contribution in [1.29, 1.82) is 0 Å². The van der Waals surface area contributed by atoms with Crippen molar-refractivity contribution in [1.82, 2.24) is 0 Å². The van der Waals surface area contributed by atoms with Gasteiger partial charge in [0, 0.05) is 10.8 Å². The quantitative estimate of drug-likeness (QED) is 0.716. The van der Waals surface area contributed by atoms with Crippen LogP contribution in [0.25, 0.3) is 0 Å². The number of halogens is 2. The van der Waals surface area contributed by atoms with E-state index in [4.69, 9.17) is 23.2 Å². The van der Waals surface area contributed by atoms with E-state index in [0.717, 1.165) is 0 Å². The Morgan fingerprint density at radius 2 is 0.938 bits per heavy atom. The van der Waals surface area contributed by atoms with Gasteiger partial charge < -0.3 is 0 Å². The minimum absolute atomic E-state index is 0.0965. The summed E-state index contributed by atoms with van der Waals surface area (Å²) in [6.45, 7) is 11.2. The fraction of sp³-hybridized carbons (Fsp3) is 0.833. The first-order valence-electron chi connectivity index (χ1n) is 5.15. The molecule has 0 spiro atoms. The van der Waals surface area contributed by atoms with Gasteiger partial charge in [0.1, 0.15) is 0 Å². The molecule has 0 radical (unpaired) electrons. The Kier molecular flexibility index (Phi) is 8.33. The normalized spacial score (nSPS) is 11.5. The maximum atomic E-state index is 10.7. The summed E-state index contributed by atoms with van der Waals surface area (Å²) in [5, 5.41) is 0. The van der Waals surface area contributed by atoms with Gasteiger partial charge in [-0.05, 0) is 0 Å². The van der Waals surface area contributed by atoms with Crippen molar-refractivity contribution < 1.29 is 9.59 Å². The molecule has 0 saturated heterocycles. The smallest absolute Gasteiger partial charge is 0.152 e. The summed E-state index contributed by atoms with van der Waals surface area (Å²) in [7, 11) is 0. The fourth-order valence-electron chi connectivity index (χ4n) is 0.401. The molecule has 0 bridgehead atoms. The van der Waals surface area contributed by atoms with Gasteiger partial charge in [-0.25, -0.2) is 0 Å².